The molecule has 6 heteroatoms. The summed E-state index contributed by atoms with van der Waals surface area (Å²) in [5.41, 5.74) is 7.54. The lowest BCUT2D eigenvalue weighted by atomic mass is 9.84. The SMILES string of the molecule is CCOC(=O)C[C@@H](c1ccc2c(c1)[C@H](Cl)CC2)c1ccc2c(nnn2C)c1C. The van der Waals surface area contributed by atoms with Gasteiger partial charge >= 0.3 is 5.97 Å². The van der Waals surface area contributed by atoms with Gasteiger partial charge in [-0.05, 0) is 60.6 Å². The molecule has 1 aliphatic carbocycles. The van der Waals surface area contributed by atoms with Gasteiger partial charge < -0.3 is 4.74 Å². The smallest absolute Gasteiger partial charge is 0.306 e. The van der Waals surface area contributed by atoms with E-state index in [1.54, 1.807) is 4.68 Å². The van der Waals surface area contributed by atoms with E-state index in [0.717, 1.165) is 40.6 Å². The maximum absolute atomic E-state index is 12.4. The number of rotatable bonds is 5. The fourth-order valence-corrected chi connectivity index (χ4v) is 4.52. The van der Waals surface area contributed by atoms with Crippen LogP contribution >= 0.6 is 11.6 Å². The molecule has 1 heterocycles. The van der Waals surface area contributed by atoms with E-state index in [2.05, 4.69) is 34.6 Å². The molecule has 0 bridgehead atoms. The number of nitrogens with zero attached hydrogens (tertiary/aromatic N) is 3. The highest BCUT2D eigenvalue weighted by molar-refractivity contribution is 6.21. The summed E-state index contributed by atoms with van der Waals surface area (Å²) in [5, 5.41) is 8.49. The van der Waals surface area contributed by atoms with Gasteiger partial charge in [-0.1, -0.05) is 29.5 Å². The maximum atomic E-state index is 12.4. The number of benzene rings is 2. The van der Waals surface area contributed by atoms with Crippen molar-refractivity contribution < 1.29 is 9.53 Å². The average molecular weight is 398 g/mol. The summed E-state index contributed by atoms with van der Waals surface area (Å²) >= 11 is 6.52. The molecule has 0 radical (unpaired) electrons. The van der Waals surface area contributed by atoms with Crippen LogP contribution in [-0.2, 0) is 23.0 Å². The fourth-order valence-electron chi connectivity index (χ4n) is 4.21. The molecule has 1 aromatic heterocycles. The third kappa shape index (κ3) is 3.28. The van der Waals surface area contributed by atoms with Crippen LogP contribution in [-0.4, -0.2) is 27.6 Å². The summed E-state index contributed by atoms with van der Waals surface area (Å²) in [7, 11) is 1.88. The number of ether oxygens (including phenoxy) is 1. The highest BCUT2D eigenvalue weighted by Gasteiger charge is 2.26. The first-order chi connectivity index (χ1) is 13.5. The second kappa shape index (κ2) is 7.55. The van der Waals surface area contributed by atoms with Crippen LogP contribution < -0.4 is 0 Å². The topological polar surface area (TPSA) is 57.0 Å². The number of alkyl halides is 1. The molecule has 2 atom stereocenters. The lowest BCUT2D eigenvalue weighted by Crippen LogP contribution is -2.13. The van der Waals surface area contributed by atoms with E-state index in [1.807, 2.05) is 27.0 Å². The van der Waals surface area contributed by atoms with Crippen molar-refractivity contribution in [3.8, 4) is 0 Å². The van der Waals surface area contributed by atoms with Crippen LogP contribution in [0.15, 0.2) is 30.3 Å². The number of esters is 1. The van der Waals surface area contributed by atoms with Gasteiger partial charge in [-0.25, -0.2) is 4.68 Å². The molecule has 28 heavy (non-hydrogen) atoms. The molecule has 0 unspecified atom stereocenters. The van der Waals surface area contributed by atoms with E-state index in [4.69, 9.17) is 16.3 Å². The monoisotopic (exact) mass is 397 g/mol. The number of carbonyl (C=O) groups excluding carboxylic acids is 1. The van der Waals surface area contributed by atoms with Crippen molar-refractivity contribution in [3.05, 3.63) is 58.1 Å². The standard InChI is InChI=1S/C22H24ClN3O2/c1-4-28-21(27)12-17(15-6-5-14-7-9-19(23)18(14)11-15)16-8-10-20-22(13(16)2)24-25-26(20)3/h5-6,8,10-11,17,19H,4,7,9,12H2,1-3H3/t17-,19+/m0/s1. The van der Waals surface area contributed by atoms with Crippen LogP contribution in [0.3, 0.4) is 0 Å². The average Bonchev–Trinajstić information content (AvgIpc) is 3.24. The first-order valence-corrected chi connectivity index (χ1v) is 10.1. The molecular weight excluding hydrogens is 374 g/mol. The van der Waals surface area contributed by atoms with Gasteiger partial charge in [0.1, 0.15) is 5.52 Å². The van der Waals surface area contributed by atoms with Gasteiger partial charge in [-0.3, -0.25) is 4.79 Å². The van der Waals surface area contributed by atoms with Gasteiger partial charge in [0.2, 0.25) is 0 Å². The molecule has 3 aromatic rings. The van der Waals surface area contributed by atoms with Gasteiger partial charge in [-0.15, -0.1) is 16.7 Å². The number of hydrogen-bond acceptors (Lipinski definition) is 4. The number of hydrogen-bond donors (Lipinski definition) is 0. The molecule has 4 rings (SSSR count). The quantitative estimate of drug-likeness (QED) is 0.466. The molecule has 2 aromatic carbocycles. The minimum absolute atomic E-state index is 0.0433. The van der Waals surface area contributed by atoms with Crippen LogP contribution in [0.1, 0.15) is 58.9 Å². The largest absolute Gasteiger partial charge is 0.466 e. The maximum Gasteiger partial charge on any atom is 0.306 e. The summed E-state index contributed by atoms with van der Waals surface area (Å²) in [5.74, 6) is -0.311. The van der Waals surface area contributed by atoms with Crippen molar-refractivity contribution >= 4 is 28.6 Å². The highest BCUT2D eigenvalue weighted by Crippen LogP contribution is 2.40. The van der Waals surface area contributed by atoms with Crippen molar-refractivity contribution in [2.24, 2.45) is 7.05 Å². The predicted octanol–water partition coefficient (Wildman–Crippen LogP) is 4.59. The Morgan fingerprint density at radius 2 is 2.18 bits per heavy atom. The summed E-state index contributed by atoms with van der Waals surface area (Å²) in [4.78, 5) is 12.4. The Labute approximate surface area is 169 Å². The van der Waals surface area contributed by atoms with Crippen molar-refractivity contribution in [1.29, 1.82) is 0 Å². The Morgan fingerprint density at radius 1 is 1.36 bits per heavy atom. The molecule has 1 aliphatic rings. The first-order valence-electron chi connectivity index (χ1n) is 9.71. The Kier molecular flexibility index (Phi) is 5.11. The molecular formula is C22H24ClN3O2. The zero-order valence-electron chi connectivity index (χ0n) is 16.4. The predicted molar refractivity (Wildman–Crippen MR) is 110 cm³/mol. The summed E-state index contributed by atoms with van der Waals surface area (Å²) < 4.78 is 7.03. The molecule has 0 aliphatic heterocycles. The minimum Gasteiger partial charge on any atom is -0.466 e. The van der Waals surface area contributed by atoms with E-state index < -0.39 is 0 Å². The molecule has 0 fully saturated rings. The first kappa shape index (κ1) is 18.9. The number of aromatic nitrogens is 3. The van der Waals surface area contributed by atoms with Gasteiger partial charge in [0.15, 0.2) is 0 Å². The van der Waals surface area contributed by atoms with Crippen LogP contribution in [0.25, 0.3) is 11.0 Å². The lowest BCUT2D eigenvalue weighted by Gasteiger charge is -2.21. The summed E-state index contributed by atoms with van der Waals surface area (Å²) in [6, 6.07) is 10.5. The zero-order chi connectivity index (χ0) is 19.8. The van der Waals surface area contributed by atoms with E-state index in [0.29, 0.717) is 6.61 Å². The van der Waals surface area contributed by atoms with Crippen LogP contribution in [0.4, 0.5) is 0 Å². The third-order valence-electron chi connectivity index (χ3n) is 5.71. The Hall–Kier alpha value is -2.40. The molecule has 5 nitrogen and oxygen atoms in total. The third-order valence-corrected chi connectivity index (χ3v) is 6.16. The van der Waals surface area contributed by atoms with Gasteiger partial charge in [0, 0.05) is 13.0 Å². The number of halogens is 1. The Morgan fingerprint density at radius 3 is 2.96 bits per heavy atom. The summed E-state index contributed by atoms with van der Waals surface area (Å²) in [6.07, 6.45) is 2.26. The van der Waals surface area contributed by atoms with Crippen LogP contribution in [0, 0.1) is 6.92 Å². The zero-order valence-corrected chi connectivity index (χ0v) is 17.2. The van der Waals surface area contributed by atoms with Crippen molar-refractivity contribution in [2.45, 2.75) is 44.4 Å². The van der Waals surface area contributed by atoms with Crippen molar-refractivity contribution in [1.82, 2.24) is 15.0 Å². The second-order valence-corrected chi connectivity index (χ2v) is 7.91. The highest BCUT2D eigenvalue weighted by atomic mass is 35.5. The van der Waals surface area contributed by atoms with E-state index >= 15 is 0 Å². The fraction of sp³-hybridized carbons (Fsp3) is 0.409. The molecule has 0 amide bonds. The molecule has 146 valence electrons. The second-order valence-electron chi connectivity index (χ2n) is 7.39. The molecule has 0 saturated carbocycles. The van der Waals surface area contributed by atoms with Crippen LogP contribution in [0.5, 0.6) is 0 Å². The van der Waals surface area contributed by atoms with Crippen molar-refractivity contribution in [2.75, 3.05) is 6.61 Å². The number of fused-ring (bicyclic) bond motifs is 2. The number of aryl methyl sites for hydroxylation is 3. The van der Waals surface area contributed by atoms with Crippen molar-refractivity contribution in [3.63, 3.8) is 0 Å². The normalized spacial score (nSPS) is 16.9. The molecule has 0 saturated heterocycles. The van der Waals surface area contributed by atoms with Gasteiger partial charge in [0.25, 0.3) is 0 Å². The Balaban J connectivity index is 1.81. The van der Waals surface area contributed by atoms with Gasteiger partial charge in [-0.2, -0.15) is 0 Å². The number of carbonyl (C=O) groups is 1. The van der Waals surface area contributed by atoms with E-state index in [1.165, 1.54) is 11.1 Å². The van der Waals surface area contributed by atoms with Crippen LogP contribution in [0.2, 0.25) is 0 Å². The Bertz CT molecular complexity index is 1040. The van der Waals surface area contributed by atoms with Gasteiger partial charge in [0.05, 0.1) is 23.9 Å². The molecule has 0 spiro atoms. The van der Waals surface area contributed by atoms with E-state index in [-0.39, 0.29) is 23.7 Å². The van der Waals surface area contributed by atoms with E-state index in [9.17, 15) is 4.79 Å². The summed E-state index contributed by atoms with van der Waals surface area (Å²) in [6.45, 7) is 4.25. The molecule has 0 N–H and O–H groups in total. The lowest BCUT2D eigenvalue weighted by molar-refractivity contribution is -0.143. The minimum atomic E-state index is -0.200.